The Hall–Kier alpha value is -2.56. The Balaban J connectivity index is 0.000000277. The number of benzene rings is 1. The molecular weight excluding hydrogens is 623 g/mol. The summed E-state index contributed by atoms with van der Waals surface area (Å²) in [6.07, 6.45) is 12.1. The van der Waals surface area contributed by atoms with Crippen molar-refractivity contribution in [3.8, 4) is 0 Å². The van der Waals surface area contributed by atoms with Crippen molar-refractivity contribution >= 4 is 34.5 Å². The zero-order chi connectivity index (χ0) is 33.7. The van der Waals surface area contributed by atoms with Gasteiger partial charge in [-0.2, -0.15) is 0 Å². The molecule has 2 saturated carbocycles. The number of nitrogens with zero attached hydrogens (tertiary/aromatic N) is 2. The molecule has 4 N–H and O–H groups in total. The molecule has 3 aromatic rings. The van der Waals surface area contributed by atoms with E-state index in [2.05, 4.69) is 95.8 Å². The number of carbonyl (C=O) groups is 2. The first-order valence-corrected chi connectivity index (χ1v) is 19.2. The van der Waals surface area contributed by atoms with Gasteiger partial charge in [0.05, 0.1) is 11.1 Å². The largest absolute Gasteiger partial charge is 0.356 e. The lowest BCUT2D eigenvalue weighted by Crippen LogP contribution is -2.48. The maximum Gasteiger partial charge on any atom is 0.220 e. The molecule has 0 aliphatic heterocycles. The molecule has 47 heavy (non-hydrogen) atoms. The molecule has 9 heteroatoms. The molecule has 0 atom stereocenters. The first-order chi connectivity index (χ1) is 22.6. The summed E-state index contributed by atoms with van der Waals surface area (Å²) >= 11 is 3.70. The summed E-state index contributed by atoms with van der Waals surface area (Å²) in [5.74, 6) is 0.107. The SMILES string of the molecule is CN(C)C1(c2cccs2)CCC(N)CC1.CN(C)C1(c2cccs2)CCC(NC(=O)CCCC(=O)NCCCc2ccccc2)CC1. The Morgan fingerprint density at radius 1 is 0.745 bits per heavy atom. The van der Waals surface area contributed by atoms with Gasteiger partial charge in [-0.3, -0.25) is 19.4 Å². The van der Waals surface area contributed by atoms with Gasteiger partial charge in [0.2, 0.25) is 11.8 Å². The summed E-state index contributed by atoms with van der Waals surface area (Å²) in [6.45, 7) is 0.680. The molecule has 1 aromatic carbocycles. The average Bonchev–Trinajstić information content (AvgIpc) is 3.81. The van der Waals surface area contributed by atoms with E-state index in [1.54, 1.807) is 0 Å². The van der Waals surface area contributed by atoms with Crippen LogP contribution in [0.15, 0.2) is 65.4 Å². The van der Waals surface area contributed by atoms with E-state index in [9.17, 15) is 9.59 Å². The number of thiophene rings is 2. The fourth-order valence-corrected chi connectivity index (χ4v) is 9.37. The molecule has 0 radical (unpaired) electrons. The number of carbonyl (C=O) groups excluding carboxylic acids is 2. The number of aryl methyl sites for hydroxylation is 1. The van der Waals surface area contributed by atoms with Gasteiger partial charge in [0.1, 0.15) is 0 Å². The van der Waals surface area contributed by atoms with Crippen LogP contribution < -0.4 is 16.4 Å². The highest BCUT2D eigenvalue weighted by Gasteiger charge is 2.40. The molecule has 0 bridgehead atoms. The van der Waals surface area contributed by atoms with E-state index >= 15 is 0 Å². The van der Waals surface area contributed by atoms with Crippen LogP contribution in [-0.4, -0.2) is 68.4 Å². The minimum absolute atomic E-state index is 0.0373. The molecule has 5 rings (SSSR count). The maximum atomic E-state index is 12.4. The monoisotopic (exact) mass is 679 g/mol. The highest BCUT2D eigenvalue weighted by atomic mass is 32.1. The molecule has 2 fully saturated rings. The summed E-state index contributed by atoms with van der Waals surface area (Å²) in [6, 6.07) is 19.7. The van der Waals surface area contributed by atoms with E-state index in [1.807, 2.05) is 40.9 Å². The third-order valence-electron chi connectivity index (χ3n) is 10.3. The van der Waals surface area contributed by atoms with Crippen LogP contribution in [0.25, 0.3) is 0 Å². The van der Waals surface area contributed by atoms with Gasteiger partial charge in [-0.1, -0.05) is 42.5 Å². The van der Waals surface area contributed by atoms with E-state index in [1.165, 1.54) is 28.2 Å². The number of hydrogen-bond donors (Lipinski definition) is 3. The summed E-state index contributed by atoms with van der Waals surface area (Å²) in [7, 11) is 8.70. The Kier molecular flexibility index (Phi) is 14.5. The lowest BCUT2D eigenvalue weighted by Gasteiger charge is -2.44. The molecule has 0 spiro atoms. The van der Waals surface area contributed by atoms with Crippen LogP contribution in [0, 0.1) is 0 Å². The summed E-state index contributed by atoms with van der Waals surface area (Å²) in [5.41, 5.74) is 7.63. The Morgan fingerprint density at radius 3 is 1.79 bits per heavy atom. The summed E-state index contributed by atoms with van der Waals surface area (Å²) < 4.78 is 0. The van der Waals surface area contributed by atoms with Gasteiger partial charge in [0, 0.05) is 41.2 Å². The first-order valence-electron chi connectivity index (χ1n) is 17.4. The summed E-state index contributed by atoms with van der Waals surface area (Å²) in [4.78, 5) is 32.1. The zero-order valence-electron chi connectivity index (χ0n) is 29.0. The first kappa shape index (κ1) is 37.3. The van der Waals surface area contributed by atoms with Crippen LogP contribution in [0.2, 0.25) is 0 Å². The van der Waals surface area contributed by atoms with E-state index in [-0.39, 0.29) is 28.9 Å². The number of rotatable bonds is 13. The van der Waals surface area contributed by atoms with Crippen molar-refractivity contribution in [1.82, 2.24) is 20.4 Å². The second-order valence-electron chi connectivity index (χ2n) is 13.8. The Labute approximate surface area is 291 Å². The van der Waals surface area contributed by atoms with E-state index in [4.69, 9.17) is 5.73 Å². The van der Waals surface area contributed by atoms with Gasteiger partial charge in [0.15, 0.2) is 0 Å². The maximum absolute atomic E-state index is 12.4. The predicted octanol–water partition coefficient (Wildman–Crippen LogP) is 6.89. The van der Waals surface area contributed by atoms with Crippen molar-refractivity contribution in [2.24, 2.45) is 5.73 Å². The van der Waals surface area contributed by atoms with E-state index in [0.717, 1.165) is 51.4 Å². The van der Waals surface area contributed by atoms with Crippen molar-refractivity contribution in [3.05, 3.63) is 80.7 Å². The molecule has 2 aliphatic rings. The molecule has 7 nitrogen and oxygen atoms in total. The Bertz CT molecular complexity index is 1310. The standard InChI is InChI=1S/C26H37N3O2S.C12H20N2S/c1-29(2)26(23-12-8-20-32-23)17-15-22(16-18-26)28-25(31)14-6-13-24(30)27-19-7-11-21-9-4-3-5-10-21;1-14(2)12(11-4-3-9-15-11)7-5-10(13)6-8-12/h3-5,8-10,12,20,22H,6-7,11,13-19H2,1-2H3,(H,27,30)(H,28,31);3-4,9-10H,5-8,13H2,1-2H3. The van der Waals surface area contributed by atoms with Crippen molar-refractivity contribution in [2.45, 2.75) is 107 Å². The zero-order valence-corrected chi connectivity index (χ0v) is 30.6. The molecule has 258 valence electrons. The average molecular weight is 680 g/mol. The predicted molar refractivity (Wildman–Crippen MR) is 198 cm³/mol. The van der Waals surface area contributed by atoms with Gasteiger partial charge in [-0.15, -0.1) is 22.7 Å². The molecular formula is C38H57N5O2S2. The normalized spacial score (nSPS) is 24.4. The lowest BCUT2D eigenvalue weighted by molar-refractivity contribution is -0.123. The fraction of sp³-hybridized carbons (Fsp3) is 0.579. The minimum Gasteiger partial charge on any atom is -0.356 e. The number of nitrogens with one attached hydrogen (secondary N) is 2. The topological polar surface area (TPSA) is 90.7 Å². The van der Waals surface area contributed by atoms with E-state index in [0.29, 0.717) is 31.8 Å². The van der Waals surface area contributed by atoms with Crippen LogP contribution in [0.1, 0.15) is 92.4 Å². The highest BCUT2D eigenvalue weighted by Crippen LogP contribution is 2.44. The molecule has 2 heterocycles. The number of amides is 2. The van der Waals surface area contributed by atoms with Crippen LogP contribution in [0.3, 0.4) is 0 Å². The van der Waals surface area contributed by atoms with Crippen molar-refractivity contribution in [1.29, 1.82) is 0 Å². The third kappa shape index (κ3) is 10.5. The summed E-state index contributed by atoms with van der Waals surface area (Å²) in [5, 5.41) is 10.5. The van der Waals surface area contributed by atoms with Gasteiger partial charge in [-0.05, 0) is 127 Å². The number of nitrogens with two attached hydrogens (primary N) is 1. The van der Waals surface area contributed by atoms with Crippen LogP contribution >= 0.6 is 22.7 Å². The quantitative estimate of drug-likeness (QED) is 0.171. The molecule has 2 aromatic heterocycles. The molecule has 0 saturated heterocycles. The van der Waals surface area contributed by atoms with E-state index < -0.39 is 0 Å². The molecule has 2 aliphatic carbocycles. The fourth-order valence-electron chi connectivity index (χ4n) is 7.23. The van der Waals surface area contributed by atoms with Crippen LogP contribution in [0.4, 0.5) is 0 Å². The van der Waals surface area contributed by atoms with Gasteiger partial charge >= 0.3 is 0 Å². The molecule has 0 unspecified atom stereocenters. The third-order valence-corrected chi connectivity index (χ3v) is 12.4. The highest BCUT2D eigenvalue weighted by molar-refractivity contribution is 7.10. The van der Waals surface area contributed by atoms with Crippen LogP contribution in [-0.2, 0) is 27.1 Å². The van der Waals surface area contributed by atoms with Crippen molar-refractivity contribution in [3.63, 3.8) is 0 Å². The van der Waals surface area contributed by atoms with Gasteiger partial charge in [0.25, 0.3) is 0 Å². The second kappa shape index (κ2) is 18.3. The van der Waals surface area contributed by atoms with Crippen molar-refractivity contribution < 1.29 is 9.59 Å². The lowest BCUT2D eigenvalue weighted by atomic mass is 9.77. The van der Waals surface area contributed by atoms with Crippen molar-refractivity contribution in [2.75, 3.05) is 34.7 Å². The minimum atomic E-state index is 0.0373. The smallest absolute Gasteiger partial charge is 0.220 e. The van der Waals surface area contributed by atoms with Gasteiger partial charge in [-0.25, -0.2) is 0 Å². The van der Waals surface area contributed by atoms with Gasteiger partial charge < -0.3 is 16.4 Å². The van der Waals surface area contributed by atoms with Crippen LogP contribution in [0.5, 0.6) is 0 Å². The second-order valence-corrected chi connectivity index (χ2v) is 15.7. The molecule has 2 amide bonds. The Morgan fingerprint density at radius 2 is 1.28 bits per heavy atom. The number of hydrogen-bond acceptors (Lipinski definition) is 7.